The molecule has 0 radical (unpaired) electrons. The standard InChI is InChI=1S/C27H30N6O3S/c1-17-12-20(7-9-25(17)32-15-22-14-21(32)16-33(22)37(2,35)36)29-27-28-11-10-24(31-27)19-6-8-23-18(13-19)4-3-5-26(34)30-23/h6-13,21-22H,3-5,14-16H2,1-2H3,(H,30,34)(H,28,29,31). The molecule has 192 valence electrons. The number of anilines is 4. The number of benzene rings is 2. The summed E-state index contributed by atoms with van der Waals surface area (Å²) >= 11 is 0. The van der Waals surface area contributed by atoms with E-state index in [9.17, 15) is 13.2 Å². The summed E-state index contributed by atoms with van der Waals surface area (Å²) in [5, 5.41) is 6.30. The molecular formula is C27H30N6O3S. The van der Waals surface area contributed by atoms with Gasteiger partial charge in [0.05, 0.1) is 11.9 Å². The molecule has 4 heterocycles. The van der Waals surface area contributed by atoms with Gasteiger partial charge in [-0.2, -0.15) is 4.31 Å². The van der Waals surface area contributed by atoms with Gasteiger partial charge in [-0.05, 0) is 73.7 Å². The summed E-state index contributed by atoms with van der Waals surface area (Å²) < 4.78 is 25.7. The molecule has 0 spiro atoms. The van der Waals surface area contributed by atoms with Gasteiger partial charge in [0.15, 0.2) is 0 Å². The van der Waals surface area contributed by atoms with Crippen LogP contribution in [0.3, 0.4) is 0 Å². The fraction of sp³-hybridized carbons (Fsp3) is 0.370. The Hall–Kier alpha value is -3.50. The highest BCUT2D eigenvalue weighted by molar-refractivity contribution is 7.88. The number of nitrogens with zero attached hydrogens (tertiary/aromatic N) is 4. The molecule has 0 aliphatic carbocycles. The fourth-order valence-corrected chi connectivity index (χ4v) is 6.97. The van der Waals surface area contributed by atoms with Crippen LogP contribution in [0.5, 0.6) is 0 Å². The van der Waals surface area contributed by atoms with Crippen LogP contribution in [0.15, 0.2) is 48.7 Å². The molecule has 1 amide bonds. The number of sulfonamides is 1. The maximum atomic E-state index is 12.0. The number of hydrogen-bond donors (Lipinski definition) is 2. The summed E-state index contributed by atoms with van der Waals surface area (Å²) in [5.41, 5.74) is 6.95. The smallest absolute Gasteiger partial charge is 0.227 e. The first kappa shape index (κ1) is 23.9. The summed E-state index contributed by atoms with van der Waals surface area (Å²) in [5.74, 6) is 0.575. The molecule has 2 unspecified atom stereocenters. The minimum absolute atomic E-state index is 0.0533. The molecule has 9 nitrogen and oxygen atoms in total. The summed E-state index contributed by atoms with van der Waals surface area (Å²) in [7, 11) is -3.16. The molecular weight excluding hydrogens is 488 g/mol. The van der Waals surface area contributed by atoms with Gasteiger partial charge < -0.3 is 15.5 Å². The molecule has 3 aromatic rings. The minimum atomic E-state index is -3.16. The number of nitrogens with one attached hydrogen (secondary N) is 2. The first-order valence-corrected chi connectivity index (χ1v) is 14.5. The molecule has 2 fully saturated rings. The average molecular weight is 519 g/mol. The zero-order chi connectivity index (χ0) is 25.7. The van der Waals surface area contributed by atoms with Gasteiger partial charge in [-0.15, -0.1) is 0 Å². The molecule has 3 aliphatic heterocycles. The lowest BCUT2D eigenvalue weighted by molar-refractivity contribution is -0.116. The SMILES string of the molecule is Cc1cc(Nc2nccc(-c3ccc4c(c3)CCCC(=O)N4)n2)ccc1N1CC2CC1CN2S(C)(=O)=O. The molecule has 3 aliphatic rings. The van der Waals surface area contributed by atoms with E-state index in [4.69, 9.17) is 4.98 Å². The number of aromatic nitrogens is 2. The summed E-state index contributed by atoms with van der Waals surface area (Å²) in [6, 6.07) is 14.4. The second-order valence-corrected chi connectivity index (χ2v) is 12.1. The Morgan fingerprint density at radius 2 is 1.92 bits per heavy atom. The topological polar surface area (TPSA) is 108 Å². The third kappa shape index (κ3) is 4.67. The second-order valence-electron chi connectivity index (χ2n) is 10.2. The summed E-state index contributed by atoms with van der Waals surface area (Å²) in [6.07, 6.45) is 6.16. The van der Waals surface area contributed by atoms with E-state index in [1.165, 1.54) is 6.26 Å². The van der Waals surface area contributed by atoms with Crippen LogP contribution in [-0.2, 0) is 21.2 Å². The van der Waals surface area contributed by atoms with Crippen molar-refractivity contribution in [1.29, 1.82) is 0 Å². The number of carbonyl (C=O) groups excluding carboxylic acids is 1. The van der Waals surface area contributed by atoms with E-state index in [-0.39, 0.29) is 18.0 Å². The first-order chi connectivity index (χ1) is 17.7. The fourth-order valence-electron chi connectivity index (χ4n) is 5.83. The van der Waals surface area contributed by atoms with Crippen molar-refractivity contribution in [2.24, 2.45) is 0 Å². The highest BCUT2D eigenvalue weighted by Gasteiger charge is 2.47. The van der Waals surface area contributed by atoms with Crippen LogP contribution in [0.1, 0.15) is 30.4 Å². The number of hydrogen-bond acceptors (Lipinski definition) is 7. The lowest BCUT2D eigenvalue weighted by Gasteiger charge is -2.35. The number of carbonyl (C=O) groups is 1. The third-order valence-electron chi connectivity index (χ3n) is 7.56. The van der Waals surface area contributed by atoms with Crippen LogP contribution in [0.25, 0.3) is 11.3 Å². The molecule has 0 saturated carbocycles. The van der Waals surface area contributed by atoms with Crippen molar-refractivity contribution in [3.05, 3.63) is 59.8 Å². The van der Waals surface area contributed by atoms with Crippen molar-refractivity contribution in [1.82, 2.24) is 14.3 Å². The van der Waals surface area contributed by atoms with E-state index in [1.807, 2.05) is 24.3 Å². The second kappa shape index (κ2) is 9.11. The molecule has 2 atom stereocenters. The monoisotopic (exact) mass is 518 g/mol. The lowest BCUT2D eigenvalue weighted by atomic mass is 10.0. The van der Waals surface area contributed by atoms with Gasteiger partial charge >= 0.3 is 0 Å². The van der Waals surface area contributed by atoms with Gasteiger partial charge in [-0.1, -0.05) is 6.07 Å². The summed E-state index contributed by atoms with van der Waals surface area (Å²) in [4.78, 5) is 23.3. The van der Waals surface area contributed by atoms with E-state index in [2.05, 4.69) is 45.6 Å². The Bertz CT molecular complexity index is 1490. The van der Waals surface area contributed by atoms with E-state index in [0.717, 1.165) is 65.3 Å². The largest absolute Gasteiger partial charge is 0.365 e. The van der Waals surface area contributed by atoms with Crippen LogP contribution in [-0.4, -0.2) is 60.0 Å². The van der Waals surface area contributed by atoms with Crippen molar-refractivity contribution in [3.63, 3.8) is 0 Å². The molecule has 2 saturated heterocycles. The third-order valence-corrected chi connectivity index (χ3v) is 8.86. The van der Waals surface area contributed by atoms with Gasteiger partial charge in [0, 0.05) is 60.4 Å². The molecule has 2 aromatic carbocycles. The van der Waals surface area contributed by atoms with Crippen molar-refractivity contribution < 1.29 is 13.2 Å². The van der Waals surface area contributed by atoms with Gasteiger partial charge in [-0.3, -0.25) is 4.79 Å². The Balaban J connectivity index is 1.18. The van der Waals surface area contributed by atoms with Crippen molar-refractivity contribution in [2.45, 2.75) is 44.7 Å². The van der Waals surface area contributed by atoms with Crippen LogP contribution in [0.2, 0.25) is 0 Å². The predicted octanol–water partition coefficient (Wildman–Crippen LogP) is 3.69. The number of fused-ring (bicyclic) bond motifs is 3. The number of amides is 1. The highest BCUT2D eigenvalue weighted by Crippen LogP contribution is 2.38. The Labute approximate surface area is 217 Å². The van der Waals surface area contributed by atoms with Crippen LogP contribution >= 0.6 is 0 Å². The van der Waals surface area contributed by atoms with Crippen molar-refractivity contribution in [2.75, 3.05) is 34.9 Å². The number of rotatable bonds is 5. The zero-order valence-electron chi connectivity index (χ0n) is 20.9. The minimum Gasteiger partial charge on any atom is -0.365 e. The van der Waals surface area contributed by atoms with E-state index in [1.54, 1.807) is 10.5 Å². The van der Waals surface area contributed by atoms with Gasteiger partial charge in [0.1, 0.15) is 0 Å². The lowest BCUT2D eigenvalue weighted by Crippen LogP contribution is -2.48. The zero-order valence-corrected chi connectivity index (χ0v) is 21.8. The molecule has 2 N–H and O–H groups in total. The van der Waals surface area contributed by atoms with Crippen LogP contribution in [0, 0.1) is 6.92 Å². The molecule has 10 heteroatoms. The van der Waals surface area contributed by atoms with Crippen molar-refractivity contribution >= 4 is 38.9 Å². The van der Waals surface area contributed by atoms with E-state index in [0.29, 0.717) is 18.9 Å². The average Bonchev–Trinajstić information content (AvgIpc) is 3.41. The number of aryl methyl sites for hydroxylation is 2. The molecule has 6 rings (SSSR count). The highest BCUT2D eigenvalue weighted by atomic mass is 32.2. The number of piperazine rings is 1. The van der Waals surface area contributed by atoms with E-state index >= 15 is 0 Å². The van der Waals surface area contributed by atoms with Gasteiger partial charge in [-0.25, -0.2) is 18.4 Å². The Morgan fingerprint density at radius 3 is 2.68 bits per heavy atom. The molecule has 2 bridgehead atoms. The maximum Gasteiger partial charge on any atom is 0.227 e. The van der Waals surface area contributed by atoms with Crippen LogP contribution in [0.4, 0.5) is 23.0 Å². The molecule has 1 aromatic heterocycles. The van der Waals surface area contributed by atoms with E-state index < -0.39 is 10.0 Å². The van der Waals surface area contributed by atoms with Crippen LogP contribution < -0.4 is 15.5 Å². The van der Waals surface area contributed by atoms with Crippen molar-refractivity contribution in [3.8, 4) is 11.3 Å². The quantitative estimate of drug-likeness (QED) is 0.530. The first-order valence-electron chi connectivity index (χ1n) is 12.6. The maximum absolute atomic E-state index is 12.0. The van der Waals surface area contributed by atoms with Gasteiger partial charge in [0.2, 0.25) is 21.9 Å². The normalized spacial score (nSPS) is 21.5. The predicted molar refractivity (Wildman–Crippen MR) is 145 cm³/mol. The Kier molecular flexibility index (Phi) is 5.88. The van der Waals surface area contributed by atoms with Gasteiger partial charge in [0.25, 0.3) is 0 Å². The molecule has 37 heavy (non-hydrogen) atoms. The summed E-state index contributed by atoms with van der Waals surface area (Å²) in [6.45, 7) is 3.35. The Morgan fingerprint density at radius 1 is 1.05 bits per heavy atom.